The standard InChI is InChI=1S/C12H12FNO4/c1-18-12(17)7-2-3-9(13)10(4-7)14-6-8(15)5-11(14)16/h2-4,8,15H,5-6H2,1H3. The van der Waals surface area contributed by atoms with Crippen LogP contribution in [0.4, 0.5) is 10.1 Å². The average Bonchev–Trinajstić information content (AvgIpc) is 2.68. The van der Waals surface area contributed by atoms with E-state index in [0.29, 0.717) is 0 Å². The van der Waals surface area contributed by atoms with E-state index in [0.717, 1.165) is 11.0 Å². The van der Waals surface area contributed by atoms with Crippen molar-refractivity contribution in [3.63, 3.8) is 0 Å². The van der Waals surface area contributed by atoms with E-state index in [4.69, 9.17) is 0 Å². The number of methoxy groups -OCH3 is 1. The highest BCUT2D eigenvalue weighted by Crippen LogP contribution is 2.26. The van der Waals surface area contributed by atoms with Crippen molar-refractivity contribution in [2.24, 2.45) is 0 Å². The molecule has 1 fully saturated rings. The number of hydrogen-bond acceptors (Lipinski definition) is 4. The van der Waals surface area contributed by atoms with Crippen LogP contribution in [0.2, 0.25) is 0 Å². The second-order valence-electron chi connectivity index (χ2n) is 4.02. The van der Waals surface area contributed by atoms with Crippen LogP contribution >= 0.6 is 0 Å². The van der Waals surface area contributed by atoms with E-state index in [9.17, 15) is 19.1 Å². The van der Waals surface area contributed by atoms with E-state index in [1.54, 1.807) is 0 Å². The van der Waals surface area contributed by atoms with Gasteiger partial charge in [-0.2, -0.15) is 0 Å². The van der Waals surface area contributed by atoms with Crippen LogP contribution in [-0.2, 0) is 9.53 Å². The average molecular weight is 253 g/mol. The number of anilines is 1. The summed E-state index contributed by atoms with van der Waals surface area (Å²) < 4.78 is 18.2. The Balaban J connectivity index is 2.38. The van der Waals surface area contributed by atoms with Gasteiger partial charge in [-0.25, -0.2) is 9.18 Å². The first-order valence-electron chi connectivity index (χ1n) is 5.39. The topological polar surface area (TPSA) is 66.8 Å². The van der Waals surface area contributed by atoms with Gasteiger partial charge in [0.25, 0.3) is 0 Å². The summed E-state index contributed by atoms with van der Waals surface area (Å²) in [6.45, 7) is 0.0282. The van der Waals surface area contributed by atoms with Gasteiger partial charge in [0.15, 0.2) is 0 Å². The summed E-state index contributed by atoms with van der Waals surface area (Å²) >= 11 is 0. The normalized spacial score (nSPS) is 19.2. The lowest BCUT2D eigenvalue weighted by Gasteiger charge is -2.17. The molecule has 1 aromatic rings. The first kappa shape index (κ1) is 12.5. The SMILES string of the molecule is COC(=O)c1ccc(F)c(N2CC(O)CC2=O)c1. The largest absolute Gasteiger partial charge is 0.465 e. The van der Waals surface area contributed by atoms with Crippen LogP contribution in [0.3, 0.4) is 0 Å². The van der Waals surface area contributed by atoms with E-state index in [-0.39, 0.29) is 30.1 Å². The molecule has 0 spiro atoms. The van der Waals surface area contributed by atoms with Gasteiger partial charge in [0.05, 0.1) is 37.4 Å². The highest BCUT2D eigenvalue weighted by molar-refractivity contribution is 5.98. The van der Waals surface area contributed by atoms with Crippen LogP contribution in [0.1, 0.15) is 16.8 Å². The maximum absolute atomic E-state index is 13.7. The van der Waals surface area contributed by atoms with Crippen LogP contribution < -0.4 is 4.90 Å². The Labute approximate surface area is 103 Å². The summed E-state index contributed by atoms with van der Waals surface area (Å²) in [6, 6.07) is 3.62. The Kier molecular flexibility index (Phi) is 3.29. The van der Waals surface area contributed by atoms with Crippen molar-refractivity contribution in [1.82, 2.24) is 0 Å². The molecule has 1 heterocycles. The molecule has 1 N–H and O–H groups in total. The number of esters is 1. The molecule has 5 nitrogen and oxygen atoms in total. The summed E-state index contributed by atoms with van der Waals surface area (Å²) in [6.07, 6.45) is -0.847. The monoisotopic (exact) mass is 253 g/mol. The van der Waals surface area contributed by atoms with E-state index < -0.39 is 17.9 Å². The summed E-state index contributed by atoms with van der Waals surface area (Å²) in [5.74, 6) is -1.60. The van der Waals surface area contributed by atoms with Gasteiger partial charge < -0.3 is 14.7 Å². The third-order valence-electron chi connectivity index (χ3n) is 2.76. The second-order valence-corrected chi connectivity index (χ2v) is 4.02. The van der Waals surface area contributed by atoms with E-state index in [1.165, 1.54) is 19.2 Å². The highest BCUT2D eigenvalue weighted by Gasteiger charge is 2.31. The van der Waals surface area contributed by atoms with Gasteiger partial charge in [0, 0.05) is 0 Å². The third-order valence-corrected chi connectivity index (χ3v) is 2.76. The molecule has 96 valence electrons. The molecule has 0 bridgehead atoms. The molecule has 0 radical (unpaired) electrons. The number of ether oxygens (including phenoxy) is 1. The van der Waals surface area contributed by atoms with Gasteiger partial charge in [0.1, 0.15) is 5.82 Å². The summed E-state index contributed by atoms with van der Waals surface area (Å²) in [7, 11) is 1.22. The summed E-state index contributed by atoms with van der Waals surface area (Å²) in [5, 5.41) is 9.37. The van der Waals surface area contributed by atoms with E-state index >= 15 is 0 Å². The number of carbonyl (C=O) groups is 2. The van der Waals surface area contributed by atoms with Crippen LogP contribution in [0.5, 0.6) is 0 Å². The lowest BCUT2D eigenvalue weighted by atomic mass is 10.2. The van der Waals surface area contributed by atoms with Crippen molar-refractivity contribution in [3.8, 4) is 0 Å². The number of benzene rings is 1. The van der Waals surface area contributed by atoms with Crippen molar-refractivity contribution in [2.75, 3.05) is 18.6 Å². The van der Waals surface area contributed by atoms with Crippen LogP contribution in [0.15, 0.2) is 18.2 Å². The molecule has 0 saturated carbocycles. The molecular weight excluding hydrogens is 241 g/mol. The Morgan fingerprint density at radius 2 is 2.28 bits per heavy atom. The predicted molar refractivity (Wildman–Crippen MR) is 60.7 cm³/mol. The Morgan fingerprint density at radius 1 is 1.56 bits per heavy atom. The molecule has 1 unspecified atom stereocenters. The molecule has 1 amide bonds. The lowest BCUT2D eigenvalue weighted by molar-refractivity contribution is -0.117. The molecule has 1 aliphatic heterocycles. The predicted octanol–water partition coefficient (Wildman–Crippen LogP) is 0.710. The maximum atomic E-state index is 13.7. The Bertz CT molecular complexity index is 503. The minimum atomic E-state index is -0.807. The molecule has 1 aliphatic rings. The first-order chi connectivity index (χ1) is 8.52. The minimum Gasteiger partial charge on any atom is -0.465 e. The van der Waals surface area contributed by atoms with E-state index in [2.05, 4.69) is 4.74 Å². The van der Waals surface area contributed by atoms with Crippen molar-refractivity contribution in [3.05, 3.63) is 29.6 Å². The van der Waals surface area contributed by atoms with Gasteiger partial charge in [0.2, 0.25) is 5.91 Å². The molecule has 0 aliphatic carbocycles. The zero-order valence-electron chi connectivity index (χ0n) is 9.72. The number of hydrogen-bond donors (Lipinski definition) is 1. The number of amides is 1. The first-order valence-corrected chi connectivity index (χ1v) is 5.39. The lowest BCUT2D eigenvalue weighted by Crippen LogP contribution is -2.26. The Morgan fingerprint density at radius 3 is 2.83 bits per heavy atom. The van der Waals surface area contributed by atoms with Gasteiger partial charge in [-0.1, -0.05) is 0 Å². The van der Waals surface area contributed by atoms with Gasteiger partial charge in [-0.05, 0) is 18.2 Å². The zero-order valence-corrected chi connectivity index (χ0v) is 9.72. The number of rotatable bonds is 2. The number of nitrogens with zero attached hydrogens (tertiary/aromatic N) is 1. The zero-order chi connectivity index (χ0) is 13.3. The number of carbonyl (C=O) groups excluding carboxylic acids is 2. The number of aliphatic hydroxyl groups excluding tert-OH is 1. The molecular formula is C12H12FNO4. The highest BCUT2D eigenvalue weighted by atomic mass is 19.1. The van der Waals surface area contributed by atoms with Crippen molar-refractivity contribution < 1.29 is 23.8 Å². The van der Waals surface area contributed by atoms with E-state index in [1.807, 2.05) is 0 Å². The molecule has 18 heavy (non-hydrogen) atoms. The number of halogens is 1. The molecule has 1 atom stereocenters. The van der Waals surface area contributed by atoms with Crippen LogP contribution in [0, 0.1) is 5.82 Å². The molecule has 0 aromatic heterocycles. The fourth-order valence-corrected chi connectivity index (χ4v) is 1.89. The molecule has 1 aromatic carbocycles. The van der Waals surface area contributed by atoms with Crippen molar-refractivity contribution in [2.45, 2.75) is 12.5 Å². The number of aliphatic hydroxyl groups is 1. The van der Waals surface area contributed by atoms with Gasteiger partial charge in [-0.15, -0.1) is 0 Å². The fraction of sp³-hybridized carbons (Fsp3) is 0.333. The van der Waals surface area contributed by atoms with Crippen LogP contribution in [-0.4, -0.2) is 36.7 Å². The third kappa shape index (κ3) is 2.19. The maximum Gasteiger partial charge on any atom is 0.337 e. The molecule has 6 heteroatoms. The minimum absolute atomic E-state index is 0.0144. The quantitative estimate of drug-likeness (QED) is 0.788. The van der Waals surface area contributed by atoms with Crippen molar-refractivity contribution in [1.29, 1.82) is 0 Å². The summed E-state index contributed by atoms with van der Waals surface area (Å²) in [5.41, 5.74) is 0.141. The van der Waals surface area contributed by atoms with Crippen LogP contribution in [0.25, 0.3) is 0 Å². The van der Waals surface area contributed by atoms with Crippen molar-refractivity contribution >= 4 is 17.6 Å². The number of β-amino-alcohol motifs (C(OH)–C–C–N with tert-alkyl or cyclic N) is 1. The fourth-order valence-electron chi connectivity index (χ4n) is 1.89. The second kappa shape index (κ2) is 4.73. The summed E-state index contributed by atoms with van der Waals surface area (Å²) in [4.78, 5) is 24.0. The van der Waals surface area contributed by atoms with Gasteiger partial charge in [-0.3, -0.25) is 4.79 Å². The molecule has 1 saturated heterocycles. The smallest absolute Gasteiger partial charge is 0.337 e. The van der Waals surface area contributed by atoms with Gasteiger partial charge >= 0.3 is 5.97 Å². The molecule has 2 rings (SSSR count). The Hall–Kier alpha value is -1.95.